The molecule has 2 aliphatic carbocycles. The molecular weight excluding hydrogens is 392 g/mol. The van der Waals surface area contributed by atoms with Gasteiger partial charge in [-0.25, -0.2) is 9.59 Å². The number of hydrogen-bond donors (Lipinski definition) is 0. The van der Waals surface area contributed by atoms with E-state index in [1.807, 2.05) is 25.3 Å². The molecule has 2 aliphatic rings. The van der Waals surface area contributed by atoms with Crippen LogP contribution in [0.15, 0.2) is 46.3 Å². The third-order valence-corrected chi connectivity index (χ3v) is 8.11. The molecule has 0 aromatic carbocycles. The van der Waals surface area contributed by atoms with Crippen LogP contribution in [-0.2, 0) is 25.5 Å². The summed E-state index contributed by atoms with van der Waals surface area (Å²) in [7, 11) is 1.43. The number of ether oxygens (including phenoxy) is 2. The van der Waals surface area contributed by atoms with E-state index < -0.39 is 5.41 Å². The van der Waals surface area contributed by atoms with Crippen molar-refractivity contribution in [3.63, 3.8) is 0 Å². The molecule has 1 saturated carbocycles. The van der Waals surface area contributed by atoms with Crippen LogP contribution in [0.5, 0.6) is 0 Å². The lowest BCUT2D eigenvalue weighted by Gasteiger charge is -2.58. The lowest BCUT2D eigenvalue weighted by atomic mass is 9.46. The van der Waals surface area contributed by atoms with Crippen LogP contribution in [0, 0.1) is 22.7 Å². The number of methoxy groups -OCH3 is 1. The van der Waals surface area contributed by atoms with Crippen LogP contribution in [-0.4, -0.2) is 25.7 Å². The maximum Gasteiger partial charge on any atom is 0.334 e. The monoisotopic (exact) mass is 428 g/mol. The van der Waals surface area contributed by atoms with Crippen molar-refractivity contribution >= 4 is 11.9 Å². The molecule has 1 heterocycles. The highest BCUT2D eigenvalue weighted by atomic mass is 16.5. The van der Waals surface area contributed by atoms with E-state index in [9.17, 15) is 9.59 Å². The third-order valence-electron chi connectivity index (χ3n) is 8.11. The minimum atomic E-state index is -0.507. The zero-order chi connectivity index (χ0) is 22.6. The summed E-state index contributed by atoms with van der Waals surface area (Å²) in [5, 5.41) is 0. The molecule has 5 nitrogen and oxygen atoms in total. The number of furan rings is 1. The van der Waals surface area contributed by atoms with Gasteiger partial charge in [0, 0.05) is 16.6 Å². The second-order valence-electron chi connectivity index (χ2n) is 9.52. The highest BCUT2D eigenvalue weighted by Crippen LogP contribution is 2.62. The Kier molecular flexibility index (Phi) is 7.13. The van der Waals surface area contributed by atoms with Gasteiger partial charge in [-0.05, 0) is 81.3 Å². The van der Waals surface area contributed by atoms with E-state index in [1.165, 1.54) is 12.7 Å². The summed E-state index contributed by atoms with van der Waals surface area (Å²) in [5.74, 6) is 0.121. The van der Waals surface area contributed by atoms with Crippen molar-refractivity contribution in [2.75, 3.05) is 13.7 Å². The summed E-state index contributed by atoms with van der Waals surface area (Å²) >= 11 is 0. The molecule has 31 heavy (non-hydrogen) atoms. The molecule has 1 aromatic heterocycles. The highest BCUT2D eigenvalue weighted by Gasteiger charge is 2.58. The van der Waals surface area contributed by atoms with Gasteiger partial charge in [0.05, 0.1) is 19.6 Å². The molecule has 4 atom stereocenters. The smallest absolute Gasteiger partial charge is 0.334 e. The molecule has 5 heteroatoms. The fourth-order valence-corrected chi connectivity index (χ4v) is 5.82. The van der Waals surface area contributed by atoms with E-state index >= 15 is 0 Å². The van der Waals surface area contributed by atoms with Crippen molar-refractivity contribution in [1.82, 2.24) is 0 Å². The molecule has 1 aromatic rings. The quantitative estimate of drug-likeness (QED) is 0.414. The predicted molar refractivity (Wildman–Crippen MR) is 119 cm³/mol. The standard InChI is InChI=1S/C26H36O5/c1-6-18(2)23(27)31-17-26-14-10-19(3)25(4,13-11-20-12-15-30-16-20)22(26)9-7-8-21(26)24(28)29-5/h6,8,12,15-16,19,22H,7,9-11,13-14,17H2,1-5H3/b18-6-/t19-,22-,25+,26-/m1/s1. The van der Waals surface area contributed by atoms with E-state index in [0.717, 1.165) is 38.5 Å². The average molecular weight is 429 g/mol. The van der Waals surface area contributed by atoms with Crippen LogP contribution < -0.4 is 0 Å². The number of carbonyl (C=O) groups is 2. The van der Waals surface area contributed by atoms with E-state index in [-0.39, 0.29) is 29.9 Å². The number of aryl methyl sites for hydroxylation is 1. The molecular formula is C26H36O5. The lowest BCUT2D eigenvalue weighted by Crippen LogP contribution is -2.54. The number of hydrogen-bond acceptors (Lipinski definition) is 5. The van der Waals surface area contributed by atoms with Crippen molar-refractivity contribution < 1.29 is 23.5 Å². The van der Waals surface area contributed by atoms with Gasteiger partial charge in [0.15, 0.2) is 0 Å². The summed E-state index contributed by atoms with van der Waals surface area (Å²) in [6, 6.07) is 2.02. The van der Waals surface area contributed by atoms with Gasteiger partial charge < -0.3 is 13.9 Å². The average Bonchev–Trinajstić information content (AvgIpc) is 3.31. The molecule has 0 aliphatic heterocycles. The van der Waals surface area contributed by atoms with Gasteiger partial charge in [0.1, 0.15) is 6.61 Å². The fourth-order valence-electron chi connectivity index (χ4n) is 5.82. The minimum absolute atomic E-state index is 0.00506. The van der Waals surface area contributed by atoms with Crippen LogP contribution in [0.3, 0.4) is 0 Å². The van der Waals surface area contributed by atoms with Crippen molar-refractivity contribution in [3.05, 3.63) is 47.5 Å². The number of carbonyl (C=O) groups excluding carboxylic acids is 2. The highest BCUT2D eigenvalue weighted by molar-refractivity contribution is 5.91. The van der Waals surface area contributed by atoms with Gasteiger partial charge in [-0.15, -0.1) is 0 Å². The maximum atomic E-state index is 12.8. The second kappa shape index (κ2) is 9.46. The van der Waals surface area contributed by atoms with Gasteiger partial charge in [-0.2, -0.15) is 0 Å². The number of allylic oxidation sites excluding steroid dienone is 2. The Hall–Kier alpha value is -2.30. The first-order valence-electron chi connectivity index (χ1n) is 11.4. The Bertz CT molecular complexity index is 849. The van der Waals surface area contributed by atoms with Gasteiger partial charge in [0.25, 0.3) is 0 Å². The normalized spacial score (nSPS) is 30.9. The molecule has 0 bridgehead atoms. The Balaban J connectivity index is 1.96. The van der Waals surface area contributed by atoms with E-state index in [4.69, 9.17) is 13.9 Å². The van der Waals surface area contributed by atoms with E-state index in [1.54, 1.807) is 19.3 Å². The molecule has 170 valence electrons. The summed E-state index contributed by atoms with van der Waals surface area (Å²) in [4.78, 5) is 25.3. The zero-order valence-corrected chi connectivity index (χ0v) is 19.5. The van der Waals surface area contributed by atoms with Crippen LogP contribution in [0.2, 0.25) is 0 Å². The Labute approximate surface area is 185 Å². The SMILES string of the molecule is C/C=C(/C)C(=O)OC[C@@]12CC[C@@H](C)[C@](C)(CCc3ccoc3)[C@H]1CCC=C2C(=O)OC. The van der Waals surface area contributed by atoms with Crippen LogP contribution in [0.1, 0.15) is 65.4 Å². The molecule has 0 N–H and O–H groups in total. The first-order chi connectivity index (χ1) is 14.8. The molecule has 0 spiro atoms. The maximum absolute atomic E-state index is 12.8. The van der Waals surface area contributed by atoms with E-state index in [0.29, 0.717) is 17.1 Å². The van der Waals surface area contributed by atoms with Crippen LogP contribution >= 0.6 is 0 Å². The molecule has 1 fully saturated rings. The van der Waals surface area contributed by atoms with Crippen LogP contribution in [0.25, 0.3) is 0 Å². The van der Waals surface area contributed by atoms with Crippen molar-refractivity contribution in [3.8, 4) is 0 Å². The lowest BCUT2D eigenvalue weighted by molar-refractivity contribution is -0.155. The summed E-state index contributed by atoms with van der Waals surface area (Å²) in [5.41, 5.74) is 1.97. The number of rotatable bonds is 7. The van der Waals surface area contributed by atoms with Crippen molar-refractivity contribution in [1.29, 1.82) is 0 Å². The minimum Gasteiger partial charge on any atom is -0.472 e. The first-order valence-corrected chi connectivity index (χ1v) is 11.4. The summed E-state index contributed by atoms with van der Waals surface area (Å²) in [6.45, 7) is 8.48. The predicted octanol–water partition coefficient (Wildman–Crippen LogP) is 5.65. The fraction of sp³-hybridized carbons (Fsp3) is 0.615. The van der Waals surface area contributed by atoms with Crippen LogP contribution in [0.4, 0.5) is 0 Å². The van der Waals surface area contributed by atoms with Gasteiger partial charge in [-0.3, -0.25) is 0 Å². The van der Waals surface area contributed by atoms with Gasteiger partial charge >= 0.3 is 11.9 Å². The van der Waals surface area contributed by atoms with Crippen molar-refractivity contribution in [2.45, 2.75) is 66.2 Å². The third kappa shape index (κ3) is 4.37. The zero-order valence-electron chi connectivity index (χ0n) is 19.5. The molecule has 0 saturated heterocycles. The molecule has 0 radical (unpaired) electrons. The van der Waals surface area contributed by atoms with Gasteiger partial charge in [-0.1, -0.05) is 26.0 Å². The summed E-state index contributed by atoms with van der Waals surface area (Å²) < 4.78 is 16.3. The Morgan fingerprint density at radius 3 is 2.74 bits per heavy atom. The Morgan fingerprint density at radius 1 is 1.32 bits per heavy atom. The largest absolute Gasteiger partial charge is 0.472 e. The number of fused-ring (bicyclic) bond motifs is 1. The Morgan fingerprint density at radius 2 is 2.10 bits per heavy atom. The summed E-state index contributed by atoms with van der Waals surface area (Å²) in [6.07, 6.45) is 12.9. The molecule has 0 amide bonds. The van der Waals surface area contributed by atoms with Crippen molar-refractivity contribution in [2.24, 2.45) is 22.7 Å². The molecule has 3 rings (SSSR count). The molecule has 0 unspecified atom stereocenters. The topological polar surface area (TPSA) is 65.7 Å². The second-order valence-corrected chi connectivity index (χ2v) is 9.52. The van der Waals surface area contributed by atoms with Gasteiger partial charge in [0.2, 0.25) is 0 Å². The first kappa shape index (κ1) is 23.4. The van der Waals surface area contributed by atoms with E-state index in [2.05, 4.69) is 13.8 Å². The number of esters is 2.